The first-order valence-electron chi connectivity index (χ1n) is 9.31. The average Bonchev–Trinajstić information content (AvgIpc) is 2.77. The molecule has 0 aliphatic heterocycles. The third kappa shape index (κ3) is 4.21. The van der Waals surface area contributed by atoms with Crippen LogP contribution in [0.25, 0.3) is 10.8 Å². The largest absolute Gasteiger partial charge is 0.489 e. The van der Waals surface area contributed by atoms with Gasteiger partial charge in [0.1, 0.15) is 12.4 Å². The van der Waals surface area contributed by atoms with E-state index in [1.807, 2.05) is 60.7 Å². The Bertz CT molecular complexity index is 1080. The summed E-state index contributed by atoms with van der Waals surface area (Å²) in [4.78, 5) is 12.5. The molecule has 3 heteroatoms. The van der Waals surface area contributed by atoms with Gasteiger partial charge in [-0.25, -0.2) is 0 Å². The third-order valence-corrected chi connectivity index (χ3v) is 4.67. The van der Waals surface area contributed by atoms with Gasteiger partial charge >= 0.3 is 0 Å². The van der Waals surface area contributed by atoms with E-state index in [0.29, 0.717) is 24.5 Å². The Balaban J connectivity index is 1.42. The van der Waals surface area contributed by atoms with Crippen LogP contribution in [-0.2, 0) is 13.2 Å². The van der Waals surface area contributed by atoms with Gasteiger partial charge in [0.15, 0.2) is 0 Å². The minimum Gasteiger partial charge on any atom is -0.489 e. The van der Waals surface area contributed by atoms with Crippen LogP contribution in [0.1, 0.15) is 21.5 Å². The molecule has 4 aromatic rings. The van der Waals surface area contributed by atoms with E-state index in [1.165, 1.54) is 10.8 Å². The smallest absolute Gasteiger partial charge is 0.251 e. The molecule has 138 valence electrons. The Hall–Kier alpha value is -3.59. The molecule has 1 N–H and O–H groups in total. The lowest BCUT2D eigenvalue weighted by atomic mass is 10.1. The topological polar surface area (TPSA) is 38.3 Å². The number of carbonyl (C=O) groups is 1. The lowest BCUT2D eigenvalue weighted by molar-refractivity contribution is 0.0950. The first-order valence-corrected chi connectivity index (χ1v) is 9.31. The second-order valence-corrected chi connectivity index (χ2v) is 6.62. The average molecular weight is 367 g/mol. The molecule has 4 aromatic carbocycles. The lowest BCUT2D eigenvalue weighted by Gasteiger charge is -2.11. The minimum absolute atomic E-state index is 0.112. The van der Waals surface area contributed by atoms with Gasteiger partial charge in [-0.05, 0) is 40.1 Å². The molecular formula is C25H21NO2. The Morgan fingerprint density at radius 1 is 0.786 bits per heavy atom. The summed E-state index contributed by atoms with van der Waals surface area (Å²) in [6.07, 6.45) is 0. The zero-order valence-corrected chi connectivity index (χ0v) is 15.5. The summed E-state index contributed by atoms with van der Waals surface area (Å²) in [5, 5.41) is 5.32. The molecule has 0 aliphatic carbocycles. The van der Waals surface area contributed by atoms with Crippen LogP contribution in [0.4, 0.5) is 0 Å². The van der Waals surface area contributed by atoms with Gasteiger partial charge in [0.25, 0.3) is 5.91 Å². The SMILES string of the molecule is O=C(NCc1ccccc1)c1cccc(OCc2cccc3ccccc23)c1. The van der Waals surface area contributed by atoms with Crippen molar-refractivity contribution in [3.8, 4) is 5.75 Å². The van der Waals surface area contributed by atoms with E-state index in [4.69, 9.17) is 4.74 Å². The molecule has 0 aromatic heterocycles. The van der Waals surface area contributed by atoms with Crippen LogP contribution in [0.2, 0.25) is 0 Å². The van der Waals surface area contributed by atoms with Crippen LogP contribution >= 0.6 is 0 Å². The van der Waals surface area contributed by atoms with Crippen molar-refractivity contribution in [1.82, 2.24) is 5.32 Å². The summed E-state index contributed by atoms with van der Waals surface area (Å²) in [5.74, 6) is 0.569. The Morgan fingerprint density at radius 2 is 1.54 bits per heavy atom. The molecule has 3 nitrogen and oxygen atoms in total. The highest BCUT2D eigenvalue weighted by molar-refractivity contribution is 5.94. The molecule has 0 fully saturated rings. The second-order valence-electron chi connectivity index (χ2n) is 6.62. The van der Waals surface area contributed by atoms with Gasteiger partial charge in [0.2, 0.25) is 0 Å². The number of rotatable bonds is 6. The van der Waals surface area contributed by atoms with Crippen LogP contribution in [0.5, 0.6) is 5.75 Å². The highest BCUT2D eigenvalue weighted by Crippen LogP contribution is 2.21. The predicted molar refractivity (Wildman–Crippen MR) is 112 cm³/mol. The number of carbonyl (C=O) groups excluding carboxylic acids is 1. The standard InChI is InChI=1S/C25H21NO2/c27-25(26-17-19-8-2-1-3-9-19)21-12-7-14-23(16-21)28-18-22-13-6-11-20-10-4-5-15-24(20)22/h1-16H,17-18H2,(H,26,27). The molecule has 28 heavy (non-hydrogen) atoms. The van der Waals surface area contributed by atoms with Crippen LogP contribution in [0.3, 0.4) is 0 Å². The number of hydrogen-bond acceptors (Lipinski definition) is 2. The van der Waals surface area contributed by atoms with Crippen LogP contribution in [0, 0.1) is 0 Å². The van der Waals surface area contributed by atoms with Crippen molar-refractivity contribution in [1.29, 1.82) is 0 Å². The minimum atomic E-state index is -0.112. The van der Waals surface area contributed by atoms with Crippen molar-refractivity contribution < 1.29 is 9.53 Å². The normalized spacial score (nSPS) is 10.6. The Labute approximate surface area is 164 Å². The highest BCUT2D eigenvalue weighted by atomic mass is 16.5. The third-order valence-electron chi connectivity index (χ3n) is 4.67. The van der Waals surface area contributed by atoms with E-state index in [2.05, 4.69) is 29.6 Å². The number of nitrogens with one attached hydrogen (secondary N) is 1. The summed E-state index contributed by atoms with van der Waals surface area (Å²) in [6.45, 7) is 0.956. The maximum Gasteiger partial charge on any atom is 0.251 e. The van der Waals surface area contributed by atoms with Gasteiger partial charge in [-0.1, -0.05) is 78.9 Å². The molecular weight excluding hydrogens is 346 g/mol. The van der Waals surface area contributed by atoms with Crippen molar-refractivity contribution in [3.05, 3.63) is 114 Å². The summed E-state index contributed by atoms with van der Waals surface area (Å²) >= 11 is 0. The van der Waals surface area contributed by atoms with E-state index in [0.717, 1.165) is 11.1 Å². The summed E-state index contributed by atoms with van der Waals surface area (Å²) in [6, 6.07) is 31.6. The molecule has 4 rings (SSSR count). The zero-order chi connectivity index (χ0) is 19.2. The quantitative estimate of drug-likeness (QED) is 0.499. The first kappa shape index (κ1) is 17.8. The molecule has 0 heterocycles. The van der Waals surface area contributed by atoms with E-state index < -0.39 is 0 Å². The molecule has 0 saturated carbocycles. The van der Waals surface area contributed by atoms with Gasteiger partial charge in [-0.15, -0.1) is 0 Å². The van der Waals surface area contributed by atoms with Crippen molar-refractivity contribution in [2.24, 2.45) is 0 Å². The molecule has 0 saturated heterocycles. The summed E-state index contributed by atoms with van der Waals surface area (Å²) < 4.78 is 5.97. The van der Waals surface area contributed by atoms with Gasteiger partial charge in [0.05, 0.1) is 0 Å². The molecule has 1 amide bonds. The molecule has 0 unspecified atom stereocenters. The van der Waals surface area contributed by atoms with E-state index in [1.54, 1.807) is 12.1 Å². The van der Waals surface area contributed by atoms with Crippen molar-refractivity contribution in [3.63, 3.8) is 0 Å². The lowest BCUT2D eigenvalue weighted by Crippen LogP contribution is -2.22. The summed E-state index contributed by atoms with van der Waals surface area (Å²) in [7, 11) is 0. The van der Waals surface area contributed by atoms with Crippen molar-refractivity contribution in [2.45, 2.75) is 13.2 Å². The van der Waals surface area contributed by atoms with Crippen LogP contribution < -0.4 is 10.1 Å². The number of ether oxygens (including phenoxy) is 1. The highest BCUT2D eigenvalue weighted by Gasteiger charge is 2.07. The maximum atomic E-state index is 12.5. The number of fused-ring (bicyclic) bond motifs is 1. The second kappa shape index (κ2) is 8.40. The van der Waals surface area contributed by atoms with Gasteiger partial charge in [0, 0.05) is 12.1 Å². The van der Waals surface area contributed by atoms with Crippen molar-refractivity contribution in [2.75, 3.05) is 0 Å². The predicted octanol–water partition coefficient (Wildman–Crippen LogP) is 5.35. The fourth-order valence-corrected chi connectivity index (χ4v) is 3.19. The molecule has 0 aliphatic rings. The van der Waals surface area contributed by atoms with Gasteiger partial charge in [-0.3, -0.25) is 4.79 Å². The monoisotopic (exact) mass is 367 g/mol. The zero-order valence-electron chi connectivity index (χ0n) is 15.5. The van der Waals surface area contributed by atoms with Crippen LogP contribution in [0.15, 0.2) is 97.1 Å². The van der Waals surface area contributed by atoms with Crippen LogP contribution in [-0.4, -0.2) is 5.91 Å². The Kier molecular flexibility index (Phi) is 5.34. The van der Waals surface area contributed by atoms with E-state index in [9.17, 15) is 4.79 Å². The van der Waals surface area contributed by atoms with E-state index in [-0.39, 0.29) is 5.91 Å². The molecule has 0 bridgehead atoms. The van der Waals surface area contributed by atoms with E-state index >= 15 is 0 Å². The Morgan fingerprint density at radius 3 is 2.43 bits per heavy atom. The fourth-order valence-electron chi connectivity index (χ4n) is 3.19. The molecule has 0 radical (unpaired) electrons. The van der Waals surface area contributed by atoms with Gasteiger partial charge < -0.3 is 10.1 Å². The first-order chi connectivity index (χ1) is 13.8. The number of hydrogen-bond donors (Lipinski definition) is 1. The fraction of sp³-hybridized carbons (Fsp3) is 0.0800. The maximum absolute atomic E-state index is 12.5. The van der Waals surface area contributed by atoms with Gasteiger partial charge in [-0.2, -0.15) is 0 Å². The van der Waals surface area contributed by atoms with Crippen molar-refractivity contribution >= 4 is 16.7 Å². The molecule has 0 spiro atoms. The number of amides is 1. The summed E-state index contributed by atoms with van der Waals surface area (Å²) in [5.41, 5.74) is 2.78. The number of benzene rings is 4. The molecule has 0 atom stereocenters.